The fourth-order valence-electron chi connectivity index (χ4n) is 3.28. The van der Waals surface area contributed by atoms with Gasteiger partial charge in [0.25, 0.3) is 0 Å². The van der Waals surface area contributed by atoms with Crippen LogP contribution >= 0.6 is 0 Å². The molecule has 0 spiro atoms. The maximum absolute atomic E-state index is 11.3. The number of benzene rings is 2. The Bertz CT molecular complexity index is 687. The van der Waals surface area contributed by atoms with Crippen LogP contribution in [-0.2, 0) is 4.79 Å². The van der Waals surface area contributed by atoms with Crippen molar-refractivity contribution in [2.24, 2.45) is 0 Å². The molecule has 0 radical (unpaired) electrons. The van der Waals surface area contributed by atoms with Gasteiger partial charge < -0.3 is 15.0 Å². The number of carbonyl (C=O) groups is 1. The molecule has 1 saturated heterocycles. The van der Waals surface area contributed by atoms with E-state index in [0.29, 0.717) is 0 Å². The lowest BCUT2D eigenvalue weighted by Crippen LogP contribution is -2.42. The lowest BCUT2D eigenvalue weighted by molar-refractivity contribution is -0.114. The summed E-state index contributed by atoms with van der Waals surface area (Å²) in [7, 11) is 2.14. The van der Waals surface area contributed by atoms with Gasteiger partial charge in [-0.05, 0) is 43.3 Å². The molecule has 0 aliphatic carbocycles. The highest BCUT2D eigenvalue weighted by Gasteiger charge is 2.30. The highest BCUT2D eigenvalue weighted by Crippen LogP contribution is 2.31. The molecule has 0 saturated carbocycles. The summed E-state index contributed by atoms with van der Waals surface area (Å²) in [6.45, 7) is 3.50. The van der Waals surface area contributed by atoms with E-state index in [0.717, 1.165) is 30.9 Å². The number of rotatable bonds is 4. The monoisotopic (exact) mass is 324 g/mol. The van der Waals surface area contributed by atoms with Crippen LogP contribution in [-0.4, -0.2) is 37.0 Å². The van der Waals surface area contributed by atoms with Gasteiger partial charge in [-0.3, -0.25) is 4.79 Å². The SMILES string of the molecule is CC(=O)Nc1cccc([C@H]2CN(C)CC[C@H]2Oc2ccccc2)c1. The van der Waals surface area contributed by atoms with Crippen LogP contribution in [0.3, 0.4) is 0 Å². The van der Waals surface area contributed by atoms with Gasteiger partial charge in [0, 0.05) is 31.6 Å². The molecule has 1 aliphatic heterocycles. The van der Waals surface area contributed by atoms with Crippen LogP contribution in [0.2, 0.25) is 0 Å². The number of amides is 1. The van der Waals surface area contributed by atoms with Crippen molar-refractivity contribution in [2.45, 2.75) is 25.4 Å². The van der Waals surface area contributed by atoms with E-state index in [2.05, 4.69) is 29.4 Å². The number of anilines is 1. The summed E-state index contributed by atoms with van der Waals surface area (Å²) >= 11 is 0. The number of likely N-dealkylation sites (tertiary alicyclic amines) is 1. The second-order valence-corrected chi connectivity index (χ2v) is 6.43. The van der Waals surface area contributed by atoms with Gasteiger partial charge in [-0.2, -0.15) is 0 Å². The number of para-hydroxylation sites is 1. The van der Waals surface area contributed by atoms with Gasteiger partial charge in [0.15, 0.2) is 0 Å². The van der Waals surface area contributed by atoms with E-state index >= 15 is 0 Å². The number of nitrogens with one attached hydrogen (secondary N) is 1. The fourth-order valence-corrected chi connectivity index (χ4v) is 3.28. The Morgan fingerprint density at radius 3 is 2.71 bits per heavy atom. The second-order valence-electron chi connectivity index (χ2n) is 6.43. The van der Waals surface area contributed by atoms with E-state index in [1.54, 1.807) is 0 Å². The summed E-state index contributed by atoms with van der Waals surface area (Å²) in [4.78, 5) is 13.6. The van der Waals surface area contributed by atoms with Crippen molar-refractivity contribution in [3.8, 4) is 5.75 Å². The zero-order chi connectivity index (χ0) is 16.9. The summed E-state index contributed by atoms with van der Waals surface area (Å²) in [5, 5.41) is 2.87. The molecular weight excluding hydrogens is 300 g/mol. The number of carbonyl (C=O) groups excluding carboxylic acids is 1. The van der Waals surface area contributed by atoms with E-state index in [1.807, 2.05) is 42.5 Å². The Morgan fingerprint density at radius 1 is 1.17 bits per heavy atom. The lowest BCUT2D eigenvalue weighted by Gasteiger charge is -2.37. The van der Waals surface area contributed by atoms with E-state index in [1.165, 1.54) is 12.5 Å². The van der Waals surface area contributed by atoms with E-state index < -0.39 is 0 Å². The molecule has 4 nitrogen and oxygen atoms in total. The average molecular weight is 324 g/mol. The molecule has 4 heteroatoms. The summed E-state index contributed by atoms with van der Waals surface area (Å²) in [6, 6.07) is 18.1. The van der Waals surface area contributed by atoms with Crippen molar-refractivity contribution in [2.75, 3.05) is 25.5 Å². The number of hydrogen-bond donors (Lipinski definition) is 1. The van der Waals surface area contributed by atoms with Crippen LogP contribution in [0.25, 0.3) is 0 Å². The number of piperidine rings is 1. The van der Waals surface area contributed by atoms with Crippen molar-refractivity contribution >= 4 is 11.6 Å². The predicted molar refractivity (Wildman–Crippen MR) is 96.5 cm³/mol. The molecule has 0 aromatic heterocycles. The quantitative estimate of drug-likeness (QED) is 0.936. The summed E-state index contributed by atoms with van der Waals surface area (Å²) in [5.41, 5.74) is 2.04. The smallest absolute Gasteiger partial charge is 0.221 e. The van der Waals surface area contributed by atoms with Crippen molar-refractivity contribution < 1.29 is 9.53 Å². The molecule has 2 aromatic rings. The Morgan fingerprint density at radius 2 is 1.96 bits per heavy atom. The van der Waals surface area contributed by atoms with Crippen LogP contribution in [0.1, 0.15) is 24.8 Å². The zero-order valence-corrected chi connectivity index (χ0v) is 14.2. The number of nitrogens with zero attached hydrogens (tertiary/aromatic N) is 1. The molecule has 1 amide bonds. The molecular formula is C20H24N2O2. The first-order valence-electron chi connectivity index (χ1n) is 8.39. The molecule has 1 fully saturated rings. The van der Waals surface area contributed by atoms with Crippen molar-refractivity contribution in [3.63, 3.8) is 0 Å². The number of hydrogen-bond acceptors (Lipinski definition) is 3. The average Bonchev–Trinajstić information content (AvgIpc) is 2.57. The first kappa shape index (κ1) is 16.5. The lowest BCUT2D eigenvalue weighted by atomic mass is 9.87. The normalized spacial score (nSPS) is 21.2. The first-order chi connectivity index (χ1) is 11.6. The van der Waals surface area contributed by atoms with Gasteiger partial charge in [0.05, 0.1) is 0 Å². The number of ether oxygens (including phenoxy) is 1. The third-order valence-electron chi connectivity index (χ3n) is 4.42. The molecule has 1 N–H and O–H groups in total. The minimum atomic E-state index is -0.0509. The Balaban J connectivity index is 1.82. The van der Waals surface area contributed by atoms with E-state index in [9.17, 15) is 4.79 Å². The van der Waals surface area contributed by atoms with Gasteiger partial charge in [0.2, 0.25) is 5.91 Å². The second kappa shape index (κ2) is 7.49. The Hall–Kier alpha value is -2.33. The van der Waals surface area contributed by atoms with Gasteiger partial charge in [-0.1, -0.05) is 30.3 Å². The van der Waals surface area contributed by atoms with E-state index in [4.69, 9.17) is 4.74 Å². The van der Waals surface area contributed by atoms with Crippen molar-refractivity contribution in [3.05, 3.63) is 60.2 Å². The topological polar surface area (TPSA) is 41.6 Å². The van der Waals surface area contributed by atoms with Gasteiger partial charge >= 0.3 is 0 Å². The highest BCUT2D eigenvalue weighted by atomic mass is 16.5. The van der Waals surface area contributed by atoms with Crippen molar-refractivity contribution in [1.29, 1.82) is 0 Å². The molecule has 126 valence electrons. The fraction of sp³-hybridized carbons (Fsp3) is 0.350. The van der Waals surface area contributed by atoms with Crippen LogP contribution in [0.4, 0.5) is 5.69 Å². The summed E-state index contributed by atoms with van der Waals surface area (Å²) < 4.78 is 6.28. The molecule has 2 aromatic carbocycles. The van der Waals surface area contributed by atoms with Crippen LogP contribution in [0, 0.1) is 0 Å². The van der Waals surface area contributed by atoms with Gasteiger partial charge in [-0.25, -0.2) is 0 Å². The Kier molecular flexibility index (Phi) is 5.16. The third-order valence-corrected chi connectivity index (χ3v) is 4.42. The summed E-state index contributed by atoms with van der Waals surface area (Å²) in [5.74, 6) is 1.14. The standard InChI is InChI=1S/C20H24N2O2/c1-15(23)21-17-8-6-7-16(13-17)19-14-22(2)12-11-20(19)24-18-9-4-3-5-10-18/h3-10,13,19-20H,11-12,14H2,1-2H3,(H,21,23)/t19-,20-/m1/s1. The van der Waals surface area contributed by atoms with Crippen LogP contribution in [0.5, 0.6) is 5.75 Å². The number of likely N-dealkylation sites (N-methyl/N-ethyl adjacent to an activating group) is 1. The molecule has 3 rings (SSSR count). The maximum atomic E-state index is 11.3. The first-order valence-corrected chi connectivity index (χ1v) is 8.39. The van der Waals surface area contributed by atoms with Crippen LogP contribution < -0.4 is 10.1 Å². The zero-order valence-electron chi connectivity index (χ0n) is 14.2. The molecule has 24 heavy (non-hydrogen) atoms. The van der Waals surface area contributed by atoms with Gasteiger partial charge in [-0.15, -0.1) is 0 Å². The minimum absolute atomic E-state index is 0.0509. The van der Waals surface area contributed by atoms with Crippen LogP contribution in [0.15, 0.2) is 54.6 Å². The highest BCUT2D eigenvalue weighted by molar-refractivity contribution is 5.88. The summed E-state index contributed by atoms with van der Waals surface area (Å²) in [6.07, 6.45) is 1.12. The molecule has 0 bridgehead atoms. The largest absolute Gasteiger partial charge is 0.490 e. The molecule has 1 heterocycles. The van der Waals surface area contributed by atoms with Gasteiger partial charge in [0.1, 0.15) is 11.9 Å². The minimum Gasteiger partial charge on any atom is -0.490 e. The predicted octanol–water partition coefficient (Wildman–Crippen LogP) is 3.51. The third kappa shape index (κ3) is 4.15. The van der Waals surface area contributed by atoms with E-state index in [-0.39, 0.29) is 17.9 Å². The molecule has 0 unspecified atom stereocenters. The Labute approximate surface area is 143 Å². The molecule has 2 atom stereocenters. The molecule has 1 aliphatic rings. The maximum Gasteiger partial charge on any atom is 0.221 e. The van der Waals surface area contributed by atoms with Crippen molar-refractivity contribution in [1.82, 2.24) is 4.90 Å².